The van der Waals surface area contributed by atoms with Crippen LogP contribution in [0, 0.1) is 0 Å². The minimum Gasteiger partial charge on any atom is -0.477 e. The number of aliphatic carboxylic acids is 1. The number of H-pyrrole nitrogens is 1. The standard InChI is InChI=1S/C18H18N8O7S3/c1-25-18(22-12(28)13(29)23-25)36-4-6-3-34-15-9(14(30)26(15)10(6)16(31)32)21-11(27)8(24-33-2)7-5-35-17(19)20-7/h5,9,15H,3-4H2,1-2H3,(H2,19,20)(H,21,27)(H,23,29)(H,31,32)/b24-8+. The van der Waals surface area contributed by atoms with Gasteiger partial charge in [-0.15, -0.1) is 23.1 Å². The number of carbonyl (C=O) groups excluding carboxylic acids is 2. The molecule has 190 valence electrons. The van der Waals surface area contributed by atoms with Gasteiger partial charge in [-0.25, -0.2) is 9.78 Å². The third-order valence-electron chi connectivity index (χ3n) is 5.02. The van der Waals surface area contributed by atoms with E-state index >= 15 is 0 Å². The van der Waals surface area contributed by atoms with E-state index in [1.165, 1.54) is 36.0 Å². The van der Waals surface area contributed by atoms with E-state index in [0.29, 0.717) is 5.57 Å². The predicted molar refractivity (Wildman–Crippen MR) is 131 cm³/mol. The van der Waals surface area contributed by atoms with Gasteiger partial charge in [0, 0.05) is 23.9 Å². The summed E-state index contributed by atoms with van der Waals surface area (Å²) < 4.78 is 1.25. The second-order valence-electron chi connectivity index (χ2n) is 7.30. The number of nitrogens with one attached hydrogen (secondary N) is 2. The zero-order valence-electron chi connectivity index (χ0n) is 18.6. The summed E-state index contributed by atoms with van der Waals surface area (Å²) in [4.78, 5) is 74.3. The number of nitrogens with zero attached hydrogens (tertiary/aromatic N) is 5. The highest BCUT2D eigenvalue weighted by Gasteiger charge is 2.54. The molecular formula is C18H18N8O7S3. The first-order valence-corrected chi connectivity index (χ1v) is 12.9. The maximum atomic E-state index is 12.9. The number of thioether (sulfide) groups is 2. The molecule has 2 amide bonds. The van der Waals surface area contributed by atoms with Crippen LogP contribution in [-0.4, -0.2) is 83.3 Å². The van der Waals surface area contributed by atoms with Gasteiger partial charge in [0.1, 0.15) is 29.9 Å². The van der Waals surface area contributed by atoms with Crippen molar-refractivity contribution in [2.75, 3.05) is 24.3 Å². The summed E-state index contributed by atoms with van der Waals surface area (Å²) in [6.07, 6.45) is 0. The van der Waals surface area contributed by atoms with Gasteiger partial charge in [-0.1, -0.05) is 16.9 Å². The topological polar surface area (TPSA) is 215 Å². The van der Waals surface area contributed by atoms with Crippen LogP contribution in [0.2, 0.25) is 0 Å². The molecule has 2 aromatic rings. The van der Waals surface area contributed by atoms with Gasteiger partial charge in [0.2, 0.25) is 0 Å². The number of amides is 2. The number of carbonyl (C=O) groups is 3. The van der Waals surface area contributed by atoms with E-state index in [0.717, 1.165) is 28.0 Å². The lowest BCUT2D eigenvalue weighted by Crippen LogP contribution is -2.71. The van der Waals surface area contributed by atoms with E-state index in [-0.39, 0.29) is 38.9 Å². The lowest BCUT2D eigenvalue weighted by Gasteiger charge is -2.49. The minimum absolute atomic E-state index is 0.102. The minimum atomic E-state index is -1.31. The monoisotopic (exact) mass is 554 g/mol. The van der Waals surface area contributed by atoms with Crippen molar-refractivity contribution in [1.82, 2.24) is 30.0 Å². The normalized spacial score (nSPS) is 19.6. The van der Waals surface area contributed by atoms with Gasteiger partial charge in [0.05, 0.1) is 0 Å². The largest absolute Gasteiger partial charge is 0.477 e. The van der Waals surface area contributed by atoms with Crippen molar-refractivity contribution in [3.05, 3.63) is 43.1 Å². The third-order valence-corrected chi connectivity index (χ3v) is 8.15. The molecule has 0 aliphatic carbocycles. The molecule has 1 saturated heterocycles. The number of β-lactam (4-membered cyclic amide) rings is 1. The Labute approximate surface area is 213 Å². The Bertz CT molecular complexity index is 1430. The number of nitrogens with two attached hydrogens (primary N) is 1. The Morgan fingerprint density at radius 1 is 1.39 bits per heavy atom. The van der Waals surface area contributed by atoms with Crippen molar-refractivity contribution < 1.29 is 24.3 Å². The number of fused-ring (bicyclic) bond motifs is 1. The second kappa shape index (κ2) is 10.2. The molecule has 2 unspecified atom stereocenters. The first kappa shape index (κ1) is 25.5. The average Bonchev–Trinajstić information content (AvgIpc) is 3.27. The van der Waals surface area contributed by atoms with E-state index in [9.17, 15) is 29.1 Å². The highest BCUT2D eigenvalue weighted by atomic mass is 32.2. The summed E-state index contributed by atoms with van der Waals surface area (Å²) in [5, 5.41) is 19.6. The summed E-state index contributed by atoms with van der Waals surface area (Å²) in [5.74, 6) is -2.30. The molecule has 0 radical (unpaired) electrons. The van der Waals surface area contributed by atoms with Crippen molar-refractivity contribution in [3.8, 4) is 0 Å². The molecule has 0 spiro atoms. The van der Waals surface area contributed by atoms with Crippen LogP contribution >= 0.6 is 34.9 Å². The maximum Gasteiger partial charge on any atom is 0.352 e. The van der Waals surface area contributed by atoms with Crippen molar-refractivity contribution >= 4 is 63.5 Å². The fourth-order valence-corrected chi connectivity index (χ4v) is 6.39. The molecule has 0 bridgehead atoms. The molecule has 36 heavy (non-hydrogen) atoms. The molecule has 2 atom stereocenters. The lowest BCUT2D eigenvalue weighted by molar-refractivity contribution is -0.150. The van der Waals surface area contributed by atoms with Gasteiger partial charge in [0.15, 0.2) is 16.0 Å². The zero-order valence-corrected chi connectivity index (χ0v) is 21.0. The molecule has 0 aromatic carbocycles. The van der Waals surface area contributed by atoms with Crippen LogP contribution in [0.1, 0.15) is 5.69 Å². The van der Waals surface area contributed by atoms with Gasteiger partial charge < -0.3 is 21.0 Å². The van der Waals surface area contributed by atoms with Crippen LogP contribution in [0.3, 0.4) is 0 Å². The van der Waals surface area contributed by atoms with Crippen molar-refractivity contribution in [1.29, 1.82) is 0 Å². The molecule has 4 heterocycles. The van der Waals surface area contributed by atoms with Crippen LogP contribution in [0.4, 0.5) is 5.13 Å². The summed E-state index contributed by atoms with van der Waals surface area (Å²) in [6, 6.07) is -0.995. The number of thiazole rings is 1. The van der Waals surface area contributed by atoms with E-state index in [1.807, 2.05) is 0 Å². The number of aromatic nitrogens is 4. The van der Waals surface area contributed by atoms with Crippen molar-refractivity contribution in [2.24, 2.45) is 12.2 Å². The van der Waals surface area contributed by atoms with Gasteiger partial charge in [-0.2, -0.15) is 4.98 Å². The first-order chi connectivity index (χ1) is 17.1. The number of rotatable bonds is 8. The Morgan fingerprint density at radius 2 is 2.14 bits per heavy atom. The number of carboxylic acid groups (broad SMARTS) is 1. The molecule has 0 saturated carbocycles. The summed E-state index contributed by atoms with van der Waals surface area (Å²) in [5.41, 5.74) is 4.00. The van der Waals surface area contributed by atoms with E-state index in [4.69, 9.17) is 10.6 Å². The Morgan fingerprint density at radius 3 is 2.78 bits per heavy atom. The van der Waals surface area contributed by atoms with E-state index in [2.05, 4.69) is 25.5 Å². The fourth-order valence-electron chi connectivity index (χ4n) is 3.44. The number of carboxylic acids is 1. The summed E-state index contributed by atoms with van der Waals surface area (Å²) >= 11 is 3.41. The third kappa shape index (κ3) is 4.73. The average molecular weight is 555 g/mol. The van der Waals surface area contributed by atoms with Crippen LogP contribution in [0.25, 0.3) is 0 Å². The van der Waals surface area contributed by atoms with Gasteiger partial charge in [0.25, 0.3) is 11.8 Å². The van der Waals surface area contributed by atoms with Crippen LogP contribution < -0.4 is 22.2 Å². The number of aryl methyl sites for hydroxylation is 1. The number of aromatic amines is 1. The van der Waals surface area contributed by atoms with Crippen molar-refractivity contribution in [3.63, 3.8) is 0 Å². The van der Waals surface area contributed by atoms with Crippen LogP contribution in [-0.2, 0) is 26.3 Å². The number of nitrogen functional groups attached to an aromatic ring is 1. The molecule has 1 fully saturated rings. The zero-order chi connectivity index (χ0) is 26.1. The second-order valence-corrected chi connectivity index (χ2v) is 10.2. The maximum absolute atomic E-state index is 12.9. The molecule has 2 aliphatic heterocycles. The highest BCUT2D eigenvalue weighted by molar-refractivity contribution is 8.01. The fraction of sp³-hybridized carbons (Fsp3) is 0.333. The van der Waals surface area contributed by atoms with Gasteiger partial charge in [-0.3, -0.25) is 33.9 Å². The molecule has 2 aliphatic rings. The number of hydrogen-bond donors (Lipinski definition) is 4. The molecule has 2 aromatic heterocycles. The van der Waals surface area contributed by atoms with Crippen molar-refractivity contribution in [2.45, 2.75) is 16.6 Å². The molecule has 18 heteroatoms. The smallest absolute Gasteiger partial charge is 0.352 e. The molecule has 4 rings (SSSR count). The quantitative estimate of drug-likeness (QED) is 0.0953. The number of hydrogen-bond acceptors (Lipinski definition) is 13. The first-order valence-electron chi connectivity index (χ1n) is 9.96. The Kier molecular flexibility index (Phi) is 7.18. The Balaban J connectivity index is 1.51. The molecule has 5 N–H and O–H groups in total. The Hall–Kier alpha value is -3.64. The van der Waals surface area contributed by atoms with E-state index in [1.54, 1.807) is 0 Å². The van der Waals surface area contributed by atoms with Crippen LogP contribution in [0.5, 0.6) is 0 Å². The number of oxime groups is 1. The summed E-state index contributed by atoms with van der Waals surface area (Å²) in [7, 11) is 2.74. The SMILES string of the molecule is CO/N=C(/C(=O)NC1C(=O)N2C(C(=O)O)=C(CSc3nc(=O)c(=O)[nH]n3C)CSC12)c1csc(N)n1. The number of anilines is 1. The van der Waals surface area contributed by atoms with Gasteiger partial charge in [-0.05, 0) is 5.57 Å². The van der Waals surface area contributed by atoms with Crippen LogP contribution in [0.15, 0.2) is 36.6 Å². The highest BCUT2D eigenvalue weighted by Crippen LogP contribution is 2.41. The summed E-state index contributed by atoms with van der Waals surface area (Å²) in [6.45, 7) is 0. The lowest BCUT2D eigenvalue weighted by atomic mass is 10.0. The van der Waals surface area contributed by atoms with E-state index < -0.39 is 40.3 Å². The van der Waals surface area contributed by atoms with Gasteiger partial charge >= 0.3 is 17.1 Å². The predicted octanol–water partition coefficient (Wildman–Crippen LogP) is -1.61. The molecule has 15 nitrogen and oxygen atoms in total. The molecular weight excluding hydrogens is 536 g/mol.